The van der Waals surface area contributed by atoms with E-state index in [-0.39, 0.29) is 38.1 Å². The van der Waals surface area contributed by atoms with Gasteiger partial charge in [-0.15, -0.1) is 0 Å². The van der Waals surface area contributed by atoms with Gasteiger partial charge >= 0.3 is 18.2 Å². The number of pyridine rings is 1. The van der Waals surface area contributed by atoms with E-state index in [9.17, 15) is 41.3 Å². The number of nitrogens with zero attached hydrogens (tertiary/aromatic N) is 4. The molecule has 1 amide bonds. The van der Waals surface area contributed by atoms with Crippen molar-refractivity contribution in [3.63, 3.8) is 0 Å². The zero-order valence-electron chi connectivity index (χ0n) is 15.6. The first-order valence-electron chi connectivity index (χ1n) is 8.80. The molecular weight excluding hydrogens is 434 g/mol. The van der Waals surface area contributed by atoms with Gasteiger partial charge in [0.25, 0.3) is 5.91 Å². The summed E-state index contributed by atoms with van der Waals surface area (Å²) in [6, 6.07) is 3.45. The smallest absolute Gasteiger partial charge is 0.365 e. The first-order valence-corrected chi connectivity index (χ1v) is 8.80. The molecule has 0 spiro atoms. The number of piperazine rings is 1. The van der Waals surface area contributed by atoms with E-state index in [1.54, 1.807) is 4.90 Å². The zero-order valence-corrected chi connectivity index (χ0v) is 15.6. The molecule has 0 unspecified atom stereocenters. The van der Waals surface area contributed by atoms with Gasteiger partial charge in [-0.05, 0) is 34.2 Å². The monoisotopic (exact) mass is 448 g/mol. The molecule has 0 saturated carbocycles. The minimum Gasteiger partial charge on any atom is -0.365 e. The highest BCUT2D eigenvalue weighted by Gasteiger charge is 2.38. The van der Waals surface area contributed by atoms with Crippen molar-refractivity contribution in [1.29, 1.82) is 0 Å². The van der Waals surface area contributed by atoms with Gasteiger partial charge in [-0.2, -0.15) is 26.3 Å². The molecule has 7 nitrogen and oxygen atoms in total. The van der Waals surface area contributed by atoms with Gasteiger partial charge < -0.3 is 19.9 Å². The van der Waals surface area contributed by atoms with Crippen molar-refractivity contribution >= 4 is 17.4 Å². The zero-order chi connectivity index (χ0) is 23.0. The third kappa shape index (κ3) is 5.03. The molecule has 1 aliphatic rings. The van der Waals surface area contributed by atoms with Crippen LogP contribution < -0.4 is 4.90 Å². The molecule has 166 valence electrons. The fraction of sp³-hybridized carbons (Fsp3) is 0.333. The van der Waals surface area contributed by atoms with Crippen LogP contribution in [-0.4, -0.2) is 46.9 Å². The average molecular weight is 448 g/mol. The Morgan fingerprint density at radius 2 is 1.48 bits per heavy atom. The largest absolute Gasteiger partial charge is 0.416 e. The third-order valence-electron chi connectivity index (χ3n) is 4.69. The van der Waals surface area contributed by atoms with Gasteiger partial charge in [0, 0.05) is 37.8 Å². The van der Waals surface area contributed by atoms with Gasteiger partial charge in [-0.25, -0.2) is 0 Å². The molecule has 0 radical (unpaired) electrons. The maximum absolute atomic E-state index is 13.0. The molecule has 3 rings (SSSR count). The number of halogens is 6. The SMILES string of the molecule is O=C(c1cc(C(F)(F)F)cc(C(F)(F)F)c1)N1CCN(c2ccc([N+](=O)[O-])nc2)CC1. The normalized spacial score (nSPS) is 15.2. The Bertz CT molecular complexity index is 951. The summed E-state index contributed by atoms with van der Waals surface area (Å²) in [5.74, 6) is -1.29. The number of amides is 1. The van der Waals surface area contributed by atoms with Crippen LogP contribution in [0.1, 0.15) is 21.5 Å². The summed E-state index contributed by atoms with van der Waals surface area (Å²) in [6.07, 6.45) is -8.81. The van der Waals surface area contributed by atoms with Crippen molar-refractivity contribution < 1.29 is 36.1 Å². The molecule has 31 heavy (non-hydrogen) atoms. The van der Waals surface area contributed by atoms with E-state index in [1.807, 2.05) is 0 Å². The van der Waals surface area contributed by atoms with E-state index >= 15 is 0 Å². The van der Waals surface area contributed by atoms with E-state index in [2.05, 4.69) is 4.98 Å². The third-order valence-corrected chi connectivity index (χ3v) is 4.69. The van der Waals surface area contributed by atoms with Crippen molar-refractivity contribution in [3.8, 4) is 0 Å². The number of rotatable bonds is 3. The van der Waals surface area contributed by atoms with Crippen LogP contribution in [0.25, 0.3) is 0 Å². The summed E-state index contributed by atoms with van der Waals surface area (Å²) in [4.78, 5) is 29.2. The van der Waals surface area contributed by atoms with Crippen molar-refractivity contribution in [2.24, 2.45) is 0 Å². The van der Waals surface area contributed by atoms with Crippen LogP contribution in [-0.2, 0) is 12.4 Å². The molecule has 13 heteroatoms. The Kier molecular flexibility index (Phi) is 5.79. The molecule has 1 saturated heterocycles. The summed E-state index contributed by atoms with van der Waals surface area (Å²) in [5, 5.41) is 10.7. The van der Waals surface area contributed by atoms with Crippen LogP contribution in [0.3, 0.4) is 0 Å². The first kappa shape index (κ1) is 22.3. The van der Waals surface area contributed by atoms with Gasteiger partial charge in [0.1, 0.15) is 0 Å². The second kappa shape index (κ2) is 8.04. The van der Waals surface area contributed by atoms with Crippen LogP contribution in [0, 0.1) is 10.1 Å². The fourth-order valence-corrected chi connectivity index (χ4v) is 3.10. The lowest BCUT2D eigenvalue weighted by Crippen LogP contribution is -2.48. The molecule has 1 fully saturated rings. The number of carbonyl (C=O) groups excluding carboxylic acids is 1. The first-order chi connectivity index (χ1) is 14.4. The van der Waals surface area contributed by atoms with Gasteiger partial charge in [-0.1, -0.05) is 0 Å². The van der Waals surface area contributed by atoms with Gasteiger partial charge in [-0.3, -0.25) is 4.79 Å². The maximum atomic E-state index is 13.0. The van der Waals surface area contributed by atoms with Crippen molar-refractivity contribution in [3.05, 3.63) is 63.3 Å². The van der Waals surface area contributed by atoms with Gasteiger partial charge in [0.05, 0.1) is 16.8 Å². The Labute approximate surface area is 171 Å². The second-order valence-corrected chi connectivity index (χ2v) is 6.71. The van der Waals surface area contributed by atoms with E-state index < -0.39 is 39.9 Å². The van der Waals surface area contributed by atoms with Crippen LogP contribution >= 0.6 is 0 Å². The average Bonchev–Trinajstić information content (AvgIpc) is 2.72. The fourth-order valence-electron chi connectivity index (χ4n) is 3.10. The molecule has 1 aromatic carbocycles. The number of aromatic nitrogens is 1. The lowest BCUT2D eigenvalue weighted by molar-refractivity contribution is -0.389. The van der Waals surface area contributed by atoms with Gasteiger partial charge in [0.2, 0.25) is 0 Å². The number of nitro groups is 1. The number of carbonyl (C=O) groups is 1. The van der Waals surface area contributed by atoms with Crippen LogP contribution in [0.2, 0.25) is 0 Å². The Balaban J connectivity index is 1.76. The maximum Gasteiger partial charge on any atom is 0.416 e. The highest BCUT2D eigenvalue weighted by molar-refractivity contribution is 5.95. The minimum atomic E-state index is -5.04. The van der Waals surface area contributed by atoms with Crippen LogP contribution in [0.5, 0.6) is 0 Å². The second-order valence-electron chi connectivity index (χ2n) is 6.71. The quantitative estimate of drug-likeness (QED) is 0.403. The summed E-state index contributed by atoms with van der Waals surface area (Å²) in [6.45, 7) is 0.507. The molecule has 0 N–H and O–H groups in total. The van der Waals surface area contributed by atoms with Crippen molar-refractivity contribution in [2.75, 3.05) is 31.1 Å². The molecule has 0 bridgehead atoms. The lowest BCUT2D eigenvalue weighted by Gasteiger charge is -2.35. The van der Waals surface area contributed by atoms with Crippen LogP contribution in [0.15, 0.2) is 36.5 Å². The predicted molar refractivity (Wildman–Crippen MR) is 95.5 cm³/mol. The Morgan fingerprint density at radius 1 is 0.935 bits per heavy atom. The number of alkyl halides is 6. The number of anilines is 1. The summed E-state index contributed by atoms with van der Waals surface area (Å²) in [7, 11) is 0. The number of hydrogen-bond donors (Lipinski definition) is 0. The molecular formula is C18H14F6N4O3. The Hall–Kier alpha value is -3.38. The van der Waals surface area contributed by atoms with Crippen molar-refractivity contribution in [2.45, 2.75) is 12.4 Å². The highest BCUT2D eigenvalue weighted by atomic mass is 19.4. The summed E-state index contributed by atoms with van der Waals surface area (Å²) >= 11 is 0. The van der Waals surface area contributed by atoms with E-state index in [0.29, 0.717) is 17.8 Å². The molecule has 0 aliphatic carbocycles. The predicted octanol–water partition coefficient (Wildman–Crippen LogP) is 3.99. The topological polar surface area (TPSA) is 79.6 Å². The molecule has 0 atom stereocenters. The van der Waals surface area contributed by atoms with Gasteiger partial charge in [0.15, 0.2) is 6.20 Å². The number of benzene rings is 1. The highest BCUT2D eigenvalue weighted by Crippen LogP contribution is 2.36. The molecule has 1 aromatic heterocycles. The molecule has 1 aliphatic heterocycles. The summed E-state index contributed by atoms with van der Waals surface area (Å²) < 4.78 is 78.1. The van der Waals surface area contributed by atoms with E-state index in [0.717, 1.165) is 4.90 Å². The van der Waals surface area contributed by atoms with Crippen LogP contribution in [0.4, 0.5) is 37.8 Å². The lowest BCUT2D eigenvalue weighted by atomic mass is 10.0. The van der Waals surface area contributed by atoms with E-state index in [4.69, 9.17) is 0 Å². The minimum absolute atomic E-state index is 0.0314. The molecule has 2 heterocycles. The van der Waals surface area contributed by atoms with Crippen molar-refractivity contribution in [1.82, 2.24) is 9.88 Å². The Morgan fingerprint density at radius 3 is 1.90 bits per heavy atom. The summed E-state index contributed by atoms with van der Waals surface area (Å²) in [5.41, 5.74) is -3.27. The standard InChI is InChI=1S/C18H14F6N4O3/c19-17(20,21)12-7-11(8-13(9-12)18(22,23)24)16(29)27-5-3-26(4-6-27)14-1-2-15(25-10-14)28(30)31/h1-2,7-10H,3-6H2. The molecule has 2 aromatic rings. The number of hydrogen-bond acceptors (Lipinski definition) is 5. The van der Waals surface area contributed by atoms with E-state index in [1.165, 1.54) is 18.3 Å².